The number of hydrogen-bond donors (Lipinski definition) is 2. The maximum atomic E-state index is 11.0. The summed E-state index contributed by atoms with van der Waals surface area (Å²) >= 11 is 0. The second-order valence-corrected chi connectivity index (χ2v) is 3.97. The van der Waals surface area contributed by atoms with Crippen molar-refractivity contribution in [2.45, 2.75) is 20.3 Å². The van der Waals surface area contributed by atoms with Crippen molar-refractivity contribution in [3.63, 3.8) is 0 Å². The highest BCUT2D eigenvalue weighted by atomic mass is 16.5. The Hall–Kier alpha value is -1.75. The van der Waals surface area contributed by atoms with Crippen LogP contribution in [0.1, 0.15) is 29.3 Å². The van der Waals surface area contributed by atoms with E-state index in [0.29, 0.717) is 31.1 Å². The van der Waals surface area contributed by atoms with E-state index in [1.807, 2.05) is 6.92 Å². The van der Waals surface area contributed by atoms with E-state index < -0.39 is 5.97 Å². The second kappa shape index (κ2) is 6.86. The average Bonchev–Trinajstić information content (AvgIpc) is 2.32. The van der Waals surface area contributed by atoms with E-state index in [2.05, 4.69) is 0 Å². The molecular formula is C13H19NO4. The van der Waals surface area contributed by atoms with Crippen LogP contribution in [0.4, 0.5) is 5.69 Å². The third-order valence-corrected chi connectivity index (χ3v) is 2.44. The van der Waals surface area contributed by atoms with Gasteiger partial charge in [-0.05, 0) is 31.0 Å². The molecule has 0 spiro atoms. The van der Waals surface area contributed by atoms with Crippen LogP contribution in [-0.2, 0) is 4.74 Å². The minimum atomic E-state index is -1.05. The normalized spacial score (nSPS) is 10.3. The maximum Gasteiger partial charge on any atom is 0.337 e. The molecule has 0 bridgehead atoms. The molecular weight excluding hydrogens is 234 g/mol. The van der Waals surface area contributed by atoms with Gasteiger partial charge < -0.3 is 20.3 Å². The van der Waals surface area contributed by atoms with Crippen LogP contribution < -0.4 is 10.5 Å². The Kier molecular flexibility index (Phi) is 5.45. The zero-order valence-electron chi connectivity index (χ0n) is 10.7. The van der Waals surface area contributed by atoms with E-state index in [4.69, 9.17) is 20.3 Å². The van der Waals surface area contributed by atoms with Crippen LogP contribution in [0, 0.1) is 6.92 Å². The fourth-order valence-electron chi connectivity index (χ4n) is 1.49. The van der Waals surface area contributed by atoms with Crippen LogP contribution in [0.15, 0.2) is 12.1 Å². The second-order valence-electron chi connectivity index (χ2n) is 3.97. The van der Waals surface area contributed by atoms with Gasteiger partial charge in [0.15, 0.2) is 0 Å². The third-order valence-electron chi connectivity index (χ3n) is 2.44. The summed E-state index contributed by atoms with van der Waals surface area (Å²) in [6, 6.07) is 3.16. The number of hydrogen-bond acceptors (Lipinski definition) is 4. The number of benzene rings is 1. The van der Waals surface area contributed by atoms with E-state index >= 15 is 0 Å². The van der Waals surface area contributed by atoms with Crippen molar-refractivity contribution in [3.05, 3.63) is 23.3 Å². The largest absolute Gasteiger partial charge is 0.491 e. The molecule has 0 unspecified atom stereocenters. The first kappa shape index (κ1) is 14.3. The Labute approximate surface area is 107 Å². The Morgan fingerprint density at radius 2 is 2.06 bits per heavy atom. The van der Waals surface area contributed by atoms with Gasteiger partial charge in [-0.3, -0.25) is 0 Å². The zero-order chi connectivity index (χ0) is 13.5. The quantitative estimate of drug-likeness (QED) is 0.574. The van der Waals surface area contributed by atoms with Gasteiger partial charge in [-0.1, -0.05) is 6.92 Å². The van der Waals surface area contributed by atoms with Gasteiger partial charge in [0.2, 0.25) is 0 Å². The third kappa shape index (κ3) is 3.92. The molecule has 0 radical (unpaired) electrons. The molecule has 0 aliphatic heterocycles. The fraction of sp³-hybridized carbons (Fsp3) is 0.462. The standard InChI is InChI=1S/C13H19NO4/c1-3-4-17-5-6-18-10-7-9(2)12(14)11(8-10)13(15)16/h7-8H,3-6,14H2,1-2H3,(H,15,16). The number of anilines is 1. The Bertz CT molecular complexity index is 418. The maximum absolute atomic E-state index is 11.0. The Morgan fingerprint density at radius 1 is 1.33 bits per heavy atom. The van der Waals surface area contributed by atoms with E-state index in [9.17, 15) is 4.79 Å². The van der Waals surface area contributed by atoms with Crippen LogP contribution in [0.5, 0.6) is 5.75 Å². The summed E-state index contributed by atoms with van der Waals surface area (Å²) in [5, 5.41) is 9.00. The summed E-state index contributed by atoms with van der Waals surface area (Å²) in [7, 11) is 0. The molecule has 0 aliphatic carbocycles. The number of carboxylic acid groups (broad SMARTS) is 1. The molecule has 0 saturated heterocycles. The molecule has 0 amide bonds. The zero-order valence-corrected chi connectivity index (χ0v) is 10.7. The molecule has 5 heteroatoms. The molecule has 0 atom stereocenters. The summed E-state index contributed by atoms with van der Waals surface area (Å²) in [4.78, 5) is 11.0. The van der Waals surface area contributed by atoms with Crippen molar-refractivity contribution in [1.82, 2.24) is 0 Å². The molecule has 3 N–H and O–H groups in total. The first-order chi connectivity index (χ1) is 8.56. The molecule has 5 nitrogen and oxygen atoms in total. The summed E-state index contributed by atoms with van der Waals surface area (Å²) in [5.41, 5.74) is 6.72. The topological polar surface area (TPSA) is 81.8 Å². The van der Waals surface area contributed by atoms with Crippen molar-refractivity contribution in [2.24, 2.45) is 0 Å². The van der Waals surface area contributed by atoms with Crippen LogP contribution in [0.2, 0.25) is 0 Å². The van der Waals surface area contributed by atoms with Gasteiger partial charge in [0.1, 0.15) is 12.4 Å². The van der Waals surface area contributed by atoms with Gasteiger partial charge in [-0.15, -0.1) is 0 Å². The predicted molar refractivity (Wildman–Crippen MR) is 69.2 cm³/mol. The number of aryl methyl sites for hydroxylation is 1. The van der Waals surface area contributed by atoms with Crippen molar-refractivity contribution in [1.29, 1.82) is 0 Å². The van der Waals surface area contributed by atoms with Gasteiger partial charge >= 0.3 is 5.97 Å². The van der Waals surface area contributed by atoms with E-state index in [-0.39, 0.29) is 11.3 Å². The number of nitrogens with two attached hydrogens (primary N) is 1. The van der Waals surface area contributed by atoms with Gasteiger partial charge in [0, 0.05) is 12.3 Å². The highest BCUT2D eigenvalue weighted by Gasteiger charge is 2.12. The van der Waals surface area contributed by atoms with E-state index in [1.165, 1.54) is 6.07 Å². The first-order valence-electron chi connectivity index (χ1n) is 5.90. The molecule has 100 valence electrons. The summed E-state index contributed by atoms with van der Waals surface area (Å²) in [6.07, 6.45) is 0.962. The highest BCUT2D eigenvalue weighted by molar-refractivity contribution is 5.95. The average molecular weight is 253 g/mol. The number of carbonyl (C=O) groups is 1. The molecule has 1 rings (SSSR count). The minimum Gasteiger partial charge on any atom is -0.491 e. The lowest BCUT2D eigenvalue weighted by Crippen LogP contribution is -2.09. The lowest BCUT2D eigenvalue weighted by Gasteiger charge is -2.11. The number of ether oxygens (including phenoxy) is 2. The molecule has 1 aromatic carbocycles. The predicted octanol–water partition coefficient (Wildman–Crippen LogP) is 2.08. The smallest absolute Gasteiger partial charge is 0.337 e. The van der Waals surface area contributed by atoms with Crippen molar-refractivity contribution in [3.8, 4) is 5.75 Å². The molecule has 0 aromatic heterocycles. The molecule has 0 saturated carbocycles. The number of rotatable bonds is 7. The van der Waals surface area contributed by atoms with Crippen molar-refractivity contribution in [2.75, 3.05) is 25.6 Å². The van der Waals surface area contributed by atoms with Crippen molar-refractivity contribution >= 4 is 11.7 Å². The van der Waals surface area contributed by atoms with Crippen LogP contribution in [0.3, 0.4) is 0 Å². The first-order valence-corrected chi connectivity index (χ1v) is 5.90. The van der Waals surface area contributed by atoms with Gasteiger partial charge in [-0.25, -0.2) is 4.79 Å². The number of aromatic carboxylic acids is 1. The van der Waals surface area contributed by atoms with E-state index in [1.54, 1.807) is 13.0 Å². The number of nitrogen functional groups attached to an aromatic ring is 1. The summed E-state index contributed by atoms with van der Waals surface area (Å²) in [6.45, 7) is 5.36. The molecule has 0 aliphatic rings. The molecule has 18 heavy (non-hydrogen) atoms. The Morgan fingerprint density at radius 3 is 2.67 bits per heavy atom. The van der Waals surface area contributed by atoms with Gasteiger partial charge in [0.25, 0.3) is 0 Å². The lowest BCUT2D eigenvalue weighted by molar-refractivity contribution is 0.0697. The number of carboxylic acids is 1. The van der Waals surface area contributed by atoms with Crippen molar-refractivity contribution < 1.29 is 19.4 Å². The summed E-state index contributed by atoms with van der Waals surface area (Å²) < 4.78 is 10.7. The minimum absolute atomic E-state index is 0.0690. The van der Waals surface area contributed by atoms with E-state index in [0.717, 1.165) is 6.42 Å². The van der Waals surface area contributed by atoms with Gasteiger partial charge in [0.05, 0.1) is 12.2 Å². The molecule has 1 aromatic rings. The van der Waals surface area contributed by atoms with Gasteiger partial charge in [-0.2, -0.15) is 0 Å². The highest BCUT2D eigenvalue weighted by Crippen LogP contribution is 2.24. The fourth-order valence-corrected chi connectivity index (χ4v) is 1.49. The summed E-state index contributed by atoms with van der Waals surface area (Å²) in [5.74, 6) is -0.553. The lowest BCUT2D eigenvalue weighted by atomic mass is 10.1. The Balaban J connectivity index is 2.64. The molecule has 0 fully saturated rings. The SMILES string of the molecule is CCCOCCOc1cc(C)c(N)c(C(=O)O)c1. The monoisotopic (exact) mass is 253 g/mol. The molecule has 0 heterocycles. The van der Waals surface area contributed by atoms with Crippen LogP contribution in [0.25, 0.3) is 0 Å². The van der Waals surface area contributed by atoms with Crippen LogP contribution in [-0.4, -0.2) is 30.9 Å². The van der Waals surface area contributed by atoms with Crippen LogP contribution >= 0.6 is 0 Å².